The first kappa shape index (κ1) is 22.1. The van der Waals surface area contributed by atoms with Crippen LogP contribution in [0.1, 0.15) is 76.1 Å². The maximum atomic E-state index is 14.1. The van der Waals surface area contributed by atoms with Crippen molar-refractivity contribution in [3.63, 3.8) is 0 Å². The zero-order valence-electron chi connectivity index (χ0n) is 17.5. The highest BCUT2D eigenvalue weighted by atomic mass is 19.1. The van der Waals surface area contributed by atoms with E-state index in [4.69, 9.17) is 4.74 Å². The summed E-state index contributed by atoms with van der Waals surface area (Å²) in [5, 5.41) is 0. The lowest BCUT2D eigenvalue weighted by Gasteiger charge is -2.19. The molecular weight excluding hydrogens is 351 g/mol. The van der Waals surface area contributed by atoms with Gasteiger partial charge in [-0.1, -0.05) is 69.0 Å². The summed E-state index contributed by atoms with van der Waals surface area (Å²) in [6.45, 7) is 6.02. The summed E-state index contributed by atoms with van der Waals surface area (Å²) < 4.78 is 19.9. The van der Waals surface area contributed by atoms with Crippen molar-refractivity contribution >= 4 is 5.78 Å². The van der Waals surface area contributed by atoms with Gasteiger partial charge in [-0.05, 0) is 56.4 Å². The fourth-order valence-electron chi connectivity index (χ4n) is 3.43. The van der Waals surface area contributed by atoms with Crippen LogP contribution in [0.4, 0.5) is 4.39 Å². The van der Waals surface area contributed by atoms with E-state index in [2.05, 4.69) is 0 Å². The van der Waals surface area contributed by atoms with Crippen LogP contribution in [0.15, 0.2) is 48.5 Å². The summed E-state index contributed by atoms with van der Waals surface area (Å²) in [7, 11) is 0. The molecule has 0 bridgehead atoms. The predicted octanol–water partition coefficient (Wildman–Crippen LogP) is 7.41. The third kappa shape index (κ3) is 7.46. The van der Waals surface area contributed by atoms with Gasteiger partial charge in [-0.2, -0.15) is 0 Å². The molecule has 0 radical (unpaired) electrons. The second kappa shape index (κ2) is 11.0. The molecule has 0 amide bonds. The number of halogens is 1. The van der Waals surface area contributed by atoms with E-state index in [0.717, 1.165) is 54.5 Å². The van der Waals surface area contributed by atoms with Gasteiger partial charge in [0.2, 0.25) is 0 Å². The molecule has 1 atom stereocenters. The molecule has 2 rings (SSSR count). The molecule has 152 valence electrons. The number of benzene rings is 2. The Bertz CT molecular complexity index is 717. The van der Waals surface area contributed by atoms with Crippen molar-refractivity contribution in [1.82, 2.24) is 0 Å². The average molecular weight is 385 g/mol. The Labute approximate surface area is 169 Å². The molecule has 0 aromatic heterocycles. The number of Topliss-reactive ketones (excluding diaryl/α,β-unsaturated/α-hetero) is 1. The summed E-state index contributed by atoms with van der Waals surface area (Å²) in [6, 6.07) is 15.7. The van der Waals surface area contributed by atoms with E-state index in [9.17, 15) is 9.18 Å². The van der Waals surface area contributed by atoms with Gasteiger partial charge in [0.05, 0.1) is 6.61 Å². The van der Waals surface area contributed by atoms with Gasteiger partial charge in [0.15, 0.2) is 5.78 Å². The van der Waals surface area contributed by atoms with E-state index in [1.807, 2.05) is 55.5 Å². The van der Waals surface area contributed by atoms with Crippen molar-refractivity contribution in [1.29, 1.82) is 0 Å². The predicted molar refractivity (Wildman–Crippen MR) is 115 cm³/mol. The lowest BCUT2D eigenvalue weighted by molar-refractivity contribution is 0.101. The summed E-state index contributed by atoms with van der Waals surface area (Å²) in [5.41, 5.74) is 1.91. The van der Waals surface area contributed by atoms with Crippen molar-refractivity contribution in [2.75, 3.05) is 6.61 Å². The van der Waals surface area contributed by atoms with Crippen LogP contribution in [-0.2, 0) is 0 Å². The average Bonchev–Trinajstić information content (AvgIpc) is 2.67. The Morgan fingerprint density at radius 3 is 2.04 bits per heavy atom. The molecule has 0 heterocycles. The number of hydrogen-bond acceptors (Lipinski definition) is 2. The number of carbonyl (C=O) groups is 1. The second-order valence-electron chi connectivity index (χ2n) is 7.83. The molecule has 28 heavy (non-hydrogen) atoms. The van der Waals surface area contributed by atoms with Crippen LogP contribution in [0.5, 0.6) is 5.75 Å². The Morgan fingerprint density at radius 2 is 1.46 bits per heavy atom. The Kier molecular flexibility index (Phi) is 8.69. The SMILES string of the molecule is CCCC(C)(F)CCCCCCOc1ccc(-c2ccc(C(C)=O)cc2)cc1. The maximum absolute atomic E-state index is 14.1. The lowest BCUT2D eigenvalue weighted by Crippen LogP contribution is -2.16. The molecule has 0 spiro atoms. The van der Waals surface area contributed by atoms with E-state index < -0.39 is 5.67 Å². The zero-order valence-corrected chi connectivity index (χ0v) is 17.5. The molecular formula is C25H33FO2. The minimum Gasteiger partial charge on any atom is -0.494 e. The highest BCUT2D eigenvalue weighted by molar-refractivity contribution is 5.94. The van der Waals surface area contributed by atoms with E-state index in [-0.39, 0.29) is 5.78 Å². The molecule has 0 aliphatic heterocycles. The number of rotatable bonds is 12. The van der Waals surface area contributed by atoms with Crippen LogP contribution in [0.2, 0.25) is 0 Å². The van der Waals surface area contributed by atoms with Crippen molar-refractivity contribution in [3.05, 3.63) is 54.1 Å². The summed E-state index contributed by atoms with van der Waals surface area (Å²) >= 11 is 0. The van der Waals surface area contributed by atoms with Crippen molar-refractivity contribution < 1.29 is 13.9 Å². The van der Waals surface area contributed by atoms with Crippen molar-refractivity contribution in [2.24, 2.45) is 0 Å². The van der Waals surface area contributed by atoms with Crippen LogP contribution in [0.25, 0.3) is 11.1 Å². The van der Waals surface area contributed by atoms with Gasteiger partial charge >= 0.3 is 0 Å². The van der Waals surface area contributed by atoms with Gasteiger partial charge in [0, 0.05) is 5.56 Å². The first-order valence-corrected chi connectivity index (χ1v) is 10.4. The molecule has 2 aromatic rings. The number of unbranched alkanes of at least 4 members (excludes halogenated alkanes) is 3. The minimum atomic E-state index is -1.00. The highest BCUT2D eigenvalue weighted by Gasteiger charge is 2.20. The van der Waals surface area contributed by atoms with Gasteiger partial charge in [0.1, 0.15) is 11.4 Å². The molecule has 1 unspecified atom stereocenters. The molecule has 0 aliphatic rings. The normalized spacial score (nSPS) is 13.1. The third-order valence-corrected chi connectivity index (χ3v) is 5.11. The van der Waals surface area contributed by atoms with E-state index >= 15 is 0 Å². The number of alkyl halides is 1. The molecule has 0 N–H and O–H groups in total. The standard InChI is InChI=1S/C25H33FO2/c1-4-17-25(3,26)18-7-5-6-8-19-28-24-15-13-23(14-16-24)22-11-9-21(10-12-22)20(2)27/h9-16H,4-8,17-19H2,1-3H3. The monoisotopic (exact) mass is 384 g/mol. The molecule has 0 saturated heterocycles. The molecule has 0 fully saturated rings. The summed E-state index contributed by atoms with van der Waals surface area (Å²) in [5.74, 6) is 0.943. The summed E-state index contributed by atoms with van der Waals surface area (Å²) in [6.07, 6.45) is 6.30. The van der Waals surface area contributed by atoms with Crippen LogP contribution >= 0.6 is 0 Å². The topological polar surface area (TPSA) is 26.3 Å². The smallest absolute Gasteiger partial charge is 0.159 e. The fourth-order valence-corrected chi connectivity index (χ4v) is 3.43. The van der Waals surface area contributed by atoms with Crippen LogP contribution in [0.3, 0.4) is 0 Å². The molecule has 0 aliphatic carbocycles. The molecule has 2 nitrogen and oxygen atoms in total. The third-order valence-electron chi connectivity index (χ3n) is 5.11. The van der Waals surface area contributed by atoms with E-state index in [1.54, 1.807) is 13.8 Å². The molecule has 0 saturated carbocycles. The second-order valence-corrected chi connectivity index (χ2v) is 7.83. The Morgan fingerprint density at radius 1 is 0.893 bits per heavy atom. The van der Waals surface area contributed by atoms with Gasteiger partial charge in [-0.3, -0.25) is 4.79 Å². The van der Waals surface area contributed by atoms with Crippen LogP contribution < -0.4 is 4.74 Å². The van der Waals surface area contributed by atoms with Crippen LogP contribution in [0, 0.1) is 0 Å². The van der Waals surface area contributed by atoms with Gasteiger partial charge in [-0.25, -0.2) is 4.39 Å². The first-order valence-electron chi connectivity index (χ1n) is 10.4. The van der Waals surface area contributed by atoms with Crippen LogP contribution in [-0.4, -0.2) is 18.1 Å². The van der Waals surface area contributed by atoms with Gasteiger partial charge in [0.25, 0.3) is 0 Å². The molecule has 2 aromatic carbocycles. The Balaban J connectivity index is 1.68. The fraction of sp³-hybridized carbons (Fsp3) is 0.480. The van der Waals surface area contributed by atoms with Crippen molar-refractivity contribution in [2.45, 2.75) is 71.4 Å². The minimum absolute atomic E-state index is 0.0787. The van der Waals surface area contributed by atoms with E-state index in [0.29, 0.717) is 19.4 Å². The van der Waals surface area contributed by atoms with Gasteiger partial charge < -0.3 is 4.74 Å². The summed E-state index contributed by atoms with van der Waals surface area (Å²) in [4.78, 5) is 11.4. The number of carbonyl (C=O) groups excluding carboxylic acids is 1. The maximum Gasteiger partial charge on any atom is 0.159 e. The quantitative estimate of drug-likeness (QED) is 0.281. The largest absolute Gasteiger partial charge is 0.494 e. The molecule has 3 heteroatoms. The lowest BCUT2D eigenvalue weighted by atomic mass is 9.95. The zero-order chi connectivity index (χ0) is 20.4. The number of ketones is 1. The van der Waals surface area contributed by atoms with E-state index in [1.165, 1.54) is 0 Å². The Hall–Kier alpha value is -2.16. The highest BCUT2D eigenvalue weighted by Crippen LogP contribution is 2.25. The van der Waals surface area contributed by atoms with Crippen molar-refractivity contribution in [3.8, 4) is 16.9 Å². The van der Waals surface area contributed by atoms with Gasteiger partial charge in [-0.15, -0.1) is 0 Å². The first-order chi connectivity index (χ1) is 13.4. The number of ether oxygens (including phenoxy) is 1. The number of hydrogen-bond donors (Lipinski definition) is 0.